The Morgan fingerprint density at radius 2 is 1.42 bits per heavy atom. The zero-order valence-electron chi connectivity index (χ0n) is 16.0. The molecule has 3 nitrogen and oxygen atoms in total. The van der Waals surface area contributed by atoms with E-state index in [1.54, 1.807) is 0 Å². The summed E-state index contributed by atoms with van der Waals surface area (Å²) >= 11 is 0. The van der Waals surface area contributed by atoms with Crippen molar-refractivity contribution in [2.75, 3.05) is 33.0 Å². The summed E-state index contributed by atoms with van der Waals surface area (Å²) in [5.41, 5.74) is 5.28. The van der Waals surface area contributed by atoms with Crippen LogP contribution in [0.5, 0.6) is 0 Å². The van der Waals surface area contributed by atoms with Crippen molar-refractivity contribution in [2.45, 2.75) is 41.0 Å². The zero-order valence-corrected chi connectivity index (χ0v) is 16.0. The Kier molecular flexibility index (Phi) is 14.2. The van der Waals surface area contributed by atoms with Gasteiger partial charge in [-0.15, -0.1) is 0 Å². The van der Waals surface area contributed by atoms with Crippen LogP contribution in [0.25, 0.3) is 11.1 Å². The maximum absolute atomic E-state index is 8.30. The van der Waals surface area contributed by atoms with E-state index >= 15 is 0 Å². The molecule has 0 saturated heterocycles. The van der Waals surface area contributed by atoms with Crippen LogP contribution in [0.1, 0.15) is 52.2 Å². The summed E-state index contributed by atoms with van der Waals surface area (Å²) < 4.78 is 10.1. The molecular formula is C21H34O3. The third-order valence-corrected chi connectivity index (χ3v) is 3.60. The Bertz CT molecular complexity index is 448. The van der Waals surface area contributed by atoms with Crippen molar-refractivity contribution >= 4 is 11.1 Å². The molecule has 1 aromatic carbocycles. The third-order valence-electron chi connectivity index (χ3n) is 3.60. The second kappa shape index (κ2) is 15.1. The third kappa shape index (κ3) is 10.4. The van der Waals surface area contributed by atoms with Crippen LogP contribution in [-0.4, -0.2) is 38.1 Å². The number of aliphatic hydroxyl groups is 1. The minimum atomic E-state index is 0.0910. The van der Waals surface area contributed by atoms with Gasteiger partial charge in [0.05, 0.1) is 26.4 Å². The second-order valence-corrected chi connectivity index (χ2v) is 5.47. The first-order valence-electron chi connectivity index (χ1n) is 8.73. The molecule has 0 radical (unpaired) electrons. The first-order valence-corrected chi connectivity index (χ1v) is 8.73. The van der Waals surface area contributed by atoms with E-state index in [4.69, 9.17) is 14.6 Å². The maximum Gasteiger partial charge on any atom is 0.0701 e. The molecule has 0 spiro atoms. The summed E-state index contributed by atoms with van der Waals surface area (Å²) in [6.45, 7) is 13.0. The van der Waals surface area contributed by atoms with Crippen LogP contribution in [0.15, 0.2) is 36.4 Å². The van der Waals surface area contributed by atoms with Crippen molar-refractivity contribution in [2.24, 2.45) is 0 Å². The summed E-state index contributed by atoms with van der Waals surface area (Å²) in [7, 11) is 0. The molecule has 0 saturated carbocycles. The standard InChI is InChI=1S/C14H18.C7H16O3/c1-5-11(3)13-8-7-9-14(10-13)12(4)6-2;1-2-4-9-6-7-10-5-3-8/h5-10H,1-4H3;8H,2-7H2,1H3/b11-5+,12-6+;. The monoisotopic (exact) mass is 334 g/mol. The average molecular weight is 335 g/mol. The minimum Gasteiger partial charge on any atom is -0.394 e. The van der Waals surface area contributed by atoms with Crippen molar-refractivity contribution in [3.05, 3.63) is 47.5 Å². The number of allylic oxidation sites excluding steroid dienone is 4. The highest BCUT2D eigenvalue weighted by Gasteiger charge is 1.98. The van der Waals surface area contributed by atoms with Gasteiger partial charge in [-0.1, -0.05) is 37.3 Å². The molecule has 136 valence electrons. The van der Waals surface area contributed by atoms with Gasteiger partial charge in [0, 0.05) is 6.61 Å². The van der Waals surface area contributed by atoms with Crippen LogP contribution in [0.4, 0.5) is 0 Å². The predicted molar refractivity (Wildman–Crippen MR) is 104 cm³/mol. The fraction of sp³-hybridized carbons (Fsp3) is 0.524. The lowest BCUT2D eigenvalue weighted by Crippen LogP contribution is -2.07. The number of ether oxygens (including phenoxy) is 2. The van der Waals surface area contributed by atoms with Gasteiger partial charge >= 0.3 is 0 Å². The summed E-state index contributed by atoms with van der Waals surface area (Å²) in [5.74, 6) is 0. The van der Waals surface area contributed by atoms with Gasteiger partial charge in [-0.05, 0) is 62.5 Å². The fourth-order valence-electron chi connectivity index (χ4n) is 1.87. The Hall–Kier alpha value is -1.42. The molecule has 0 aliphatic heterocycles. The molecule has 1 N–H and O–H groups in total. The number of hydrogen-bond acceptors (Lipinski definition) is 3. The molecule has 0 bridgehead atoms. The van der Waals surface area contributed by atoms with E-state index in [0.29, 0.717) is 19.8 Å². The van der Waals surface area contributed by atoms with Gasteiger partial charge in [-0.2, -0.15) is 0 Å². The van der Waals surface area contributed by atoms with E-state index < -0.39 is 0 Å². The lowest BCUT2D eigenvalue weighted by molar-refractivity contribution is 0.0333. The van der Waals surface area contributed by atoms with Crippen LogP contribution < -0.4 is 0 Å². The van der Waals surface area contributed by atoms with Gasteiger partial charge in [-0.25, -0.2) is 0 Å². The molecule has 0 aliphatic carbocycles. The molecule has 3 heteroatoms. The molecular weight excluding hydrogens is 300 g/mol. The Morgan fingerprint density at radius 3 is 1.83 bits per heavy atom. The van der Waals surface area contributed by atoms with E-state index in [9.17, 15) is 0 Å². The van der Waals surface area contributed by atoms with Gasteiger partial charge in [0.25, 0.3) is 0 Å². The molecule has 0 atom stereocenters. The molecule has 0 aliphatic rings. The Balaban J connectivity index is 0.000000470. The van der Waals surface area contributed by atoms with Crippen LogP contribution in [0.2, 0.25) is 0 Å². The van der Waals surface area contributed by atoms with E-state index in [0.717, 1.165) is 13.0 Å². The van der Waals surface area contributed by atoms with Crippen LogP contribution >= 0.6 is 0 Å². The van der Waals surface area contributed by atoms with Crippen LogP contribution in [0.3, 0.4) is 0 Å². The molecule has 0 heterocycles. The van der Waals surface area contributed by atoms with Gasteiger partial charge in [-0.3, -0.25) is 0 Å². The quantitative estimate of drug-likeness (QED) is 0.649. The lowest BCUT2D eigenvalue weighted by atomic mass is 10.0. The number of rotatable bonds is 9. The van der Waals surface area contributed by atoms with Crippen molar-refractivity contribution in [1.29, 1.82) is 0 Å². The minimum absolute atomic E-state index is 0.0910. The molecule has 0 unspecified atom stereocenters. The summed E-state index contributed by atoms with van der Waals surface area (Å²) in [4.78, 5) is 0. The van der Waals surface area contributed by atoms with E-state index in [2.05, 4.69) is 71.0 Å². The number of aliphatic hydroxyl groups excluding tert-OH is 1. The molecule has 1 rings (SSSR count). The van der Waals surface area contributed by atoms with Crippen molar-refractivity contribution < 1.29 is 14.6 Å². The zero-order chi connectivity index (χ0) is 18.2. The molecule has 0 amide bonds. The van der Waals surface area contributed by atoms with Gasteiger partial charge in [0.2, 0.25) is 0 Å². The Labute approximate surface area is 148 Å². The van der Waals surface area contributed by atoms with E-state index in [1.165, 1.54) is 22.3 Å². The number of hydrogen-bond donors (Lipinski definition) is 1. The normalized spacial score (nSPS) is 11.9. The average Bonchev–Trinajstić information content (AvgIpc) is 2.64. The van der Waals surface area contributed by atoms with Crippen LogP contribution in [0, 0.1) is 0 Å². The summed E-state index contributed by atoms with van der Waals surface area (Å²) in [5, 5.41) is 8.30. The topological polar surface area (TPSA) is 38.7 Å². The van der Waals surface area contributed by atoms with Crippen molar-refractivity contribution in [3.8, 4) is 0 Å². The fourth-order valence-corrected chi connectivity index (χ4v) is 1.87. The Morgan fingerprint density at radius 1 is 0.917 bits per heavy atom. The van der Waals surface area contributed by atoms with Crippen molar-refractivity contribution in [1.82, 2.24) is 0 Å². The predicted octanol–water partition coefficient (Wildman–Crippen LogP) is 4.95. The summed E-state index contributed by atoms with van der Waals surface area (Å²) in [6.07, 6.45) is 5.33. The highest BCUT2D eigenvalue weighted by atomic mass is 16.5. The summed E-state index contributed by atoms with van der Waals surface area (Å²) in [6, 6.07) is 8.67. The maximum atomic E-state index is 8.30. The van der Waals surface area contributed by atoms with Gasteiger partial charge in [0.1, 0.15) is 0 Å². The first kappa shape index (κ1) is 22.6. The van der Waals surface area contributed by atoms with Crippen LogP contribution in [-0.2, 0) is 9.47 Å². The lowest BCUT2D eigenvalue weighted by Gasteiger charge is -2.05. The SMILES string of the molecule is C/C=C(\C)c1cccc(/C(C)=C/C)c1.CCCOCCOCCO. The van der Waals surface area contributed by atoms with E-state index in [1.807, 2.05) is 0 Å². The first-order chi connectivity index (χ1) is 11.6. The highest BCUT2D eigenvalue weighted by Crippen LogP contribution is 2.19. The second-order valence-electron chi connectivity index (χ2n) is 5.47. The molecule has 0 fully saturated rings. The van der Waals surface area contributed by atoms with Gasteiger partial charge < -0.3 is 14.6 Å². The highest BCUT2D eigenvalue weighted by molar-refractivity contribution is 5.70. The molecule has 1 aromatic rings. The van der Waals surface area contributed by atoms with Crippen molar-refractivity contribution in [3.63, 3.8) is 0 Å². The molecule has 24 heavy (non-hydrogen) atoms. The van der Waals surface area contributed by atoms with E-state index in [-0.39, 0.29) is 6.61 Å². The number of benzene rings is 1. The largest absolute Gasteiger partial charge is 0.394 e. The van der Waals surface area contributed by atoms with Gasteiger partial charge in [0.15, 0.2) is 0 Å². The smallest absolute Gasteiger partial charge is 0.0701 e. The molecule has 0 aromatic heterocycles.